The van der Waals surface area contributed by atoms with Gasteiger partial charge in [0.1, 0.15) is 5.82 Å². The highest BCUT2D eigenvalue weighted by molar-refractivity contribution is 5.92. The maximum atomic E-state index is 10.7. The number of carbonyl (C=O) groups excluding carboxylic acids is 1. The van der Waals surface area contributed by atoms with E-state index in [1.807, 2.05) is 12.2 Å². The molecule has 5 nitrogen and oxygen atoms in total. The van der Waals surface area contributed by atoms with Crippen molar-refractivity contribution >= 4 is 11.7 Å². The lowest BCUT2D eigenvalue weighted by atomic mass is 10.3. The zero-order valence-electron chi connectivity index (χ0n) is 8.31. The third kappa shape index (κ3) is 3.78. The van der Waals surface area contributed by atoms with Gasteiger partial charge in [-0.25, -0.2) is 4.98 Å². The van der Waals surface area contributed by atoms with Crippen LogP contribution in [0.25, 0.3) is 0 Å². The lowest BCUT2D eigenvalue weighted by Gasteiger charge is -2.02. The molecular weight excluding hydrogens is 192 g/mol. The highest BCUT2D eigenvalue weighted by Crippen LogP contribution is 2.03. The van der Waals surface area contributed by atoms with Crippen molar-refractivity contribution in [1.82, 2.24) is 4.98 Å². The van der Waals surface area contributed by atoms with Crippen LogP contribution in [-0.2, 0) is 0 Å². The van der Waals surface area contributed by atoms with Crippen LogP contribution in [0.1, 0.15) is 10.4 Å². The first-order valence-corrected chi connectivity index (χ1v) is 4.59. The van der Waals surface area contributed by atoms with E-state index in [4.69, 9.17) is 11.5 Å². The molecule has 0 aromatic carbocycles. The number of carbonyl (C=O) groups is 1. The summed E-state index contributed by atoms with van der Waals surface area (Å²) in [7, 11) is 0. The molecule has 1 aromatic heterocycles. The van der Waals surface area contributed by atoms with E-state index in [2.05, 4.69) is 10.3 Å². The molecule has 0 aliphatic carbocycles. The van der Waals surface area contributed by atoms with Gasteiger partial charge in [-0.3, -0.25) is 4.79 Å². The second kappa shape index (κ2) is 5.77. The third-order valence-electron chi connectivity index (χ3n) is 1.75. The van der Waals surface area contributed by atoms with Crippen molar-refractivity contribution < 1.29 is 4.79 Å². The molecule has 1 amide bonds. The number of hydrogen-bond donors (Lipinski definition) is 3. The van der Waals surface area contributed by atoms with Crippen LogP contribution in [0.4, 0.5) is 5.82 Å². The first kappa shape index (κ1) is 11.2. The lowest BCUT2D eigenvalue weighted by molar-refractivity contribution is 0.1000. The van der Waals surface area contributed by atoms with Gasteiger partial charge in [0.2, 0.25) is 5.91 Å². The molecular formula is C10H14N4O. The summed E-state index contributed by atoms with van der Waals surface area (Å²) in [5.74, 6) is 0.221. The number of rotatable bonds is 5. The number of aromatic nitrogens is 1. The highest BCUT2D eigenvalue weighted by Gasteiger charge is 1.99. The van der Waals surface area contributed by atoms with E-state index in [0.29, 0.717) is 24.5 Å². The van der Waals surface area contributed by atoms with Crippen molar-refractivity contribution in [3.63, 3.8) is 0 Å². The maximum absolute atomic E-state index is 10.7. The minimum atomic E-state index is -0.475. The Morgan fingerprint density at radius 3 is 2.80 bits per heavy atom. The zero-order chi connectivity index (χ0) is 11.1. The van der Waals surface area contributed by atoms with Gasteiger partial charge in [0, 0.05) is 19.3 Å². The summed E-state index contributed by atoms with van der Waals surface area (Å²) in [6.45, 7) is 1.18. The van der Waals surface area contributed by atoms with Gasteiger partial charge in [0.05, 0.1) is 5.56 Å². The normalized spacial score (nSPS) is 10.5. The Morgan fingerprint density at radius 1 is 1.47 bits per heavy atom. The van der Waals surface area contributed by atoms with Gasteiger partial charge in [-0.1, -0.05) is 12.2 Å². The van der Waals surface area contributed by atoms with E-state index in [-0.39, 0.29) is 0 Å². The van der Waals surface area contributed by atoms with E-state index in [9.17, 15) is 4.79 Å². The summed E-state index contributed by atoms with van der Waals surface area (Å²) in [6.07, 6.45) is 5.20. The van der Waals surface area contributed by atoms with E-state index in [0.717, 1.165) is 0 Å². The quantitative estimate of drug-likeness (QED) is 0.596. The van der Waals surface area contributed by atoms with Crippen LogP contribution < -0.4 is 16.8 Å². The zero-order valence-corrected chi connectivity index (χ0v) is 8.31. The Labute approximate surface area is 88.2 Å². The smallest absolute Gasteiger partial charge is 0.250 e. The first-order chi connectivity index (χ1) is 7.24. The molecule has 0 aliphatic heterocycles. The number of pyridine rings is 1. The van der Waals surface area contributed by atoms with Crippen LogP contribution in [-0.4, -0.2) is 24.0 Å². The Bertz CT molecular complexity index is 345. The monoisotopic (exact) mass is 206 g/mol. The number of nitrogens with one attached hydrogen (secondary N) is 1. The van der Waals surface area contributed by atoms with Crippen LogP contribution in [0.3, 0.4) is 0 Å². The Morgan fingerprint density at radius 2 is 2.27 bits per heavy atom. The summed E-state index contributed by atoms with van der Waals surface area (Å²) < 4.78 is 0. The second-order valence-electron chi connectivity index (χ2n) is 2.88. The molecule has 1 rings (SSSR count). The van der Waals surface area contributed by atoms with Gasteiger partial charge in [0.25, 0.3) is 0 Å². The van der Waals surface area contributed by atoms with Crippen molar-refractivity contribution in [3.8, 4) is 0 Å². The molecule has 5 N–H and O–H groups in total. The number of anilines is 1. The largest absolute Gasteiger partial charge is 0.367 e. The molecule has 0 saturated carbocycles. The standard InChI is InChI=1S/C10H14N4O/c11-5-1-2-6-13-9-4-3-8(7-14-9)10(12)15/h1-4,7H,5-6,11H2,(H2,12,15)(H,13,14)/b2-1+. The number of amides is 1. The van der Waals surface area contributed by atoms with Crippen LogP contribution in [0.5, 0.6) is 0 Å². The SMILES string of the molecule is NC/C=C/CNc1ccc(C(N)=O)cn1. The van der Waals surface area contributed by atoms with Crippen molar-refractivity contribution in [2.45, 2.75) is 0 Å². The molecule has 1 heterocycles. The summed E-state index contributed by atoms with van der Waals surface area (Å²) in [6, 6.07) is 3.33. The minimum Gasteiger partial charge on any atom is -0.367 e. The lowest BCUT2D eigenvalue weighted by Crippen LogP contribution is -2.11. The topological polar surface area (TPSA) is 94.0 Å². The highest BCUT2D eigenvalue weighted by atomic mass is 16.1. The second-order valence-corrected chi connectivity index (χ2v) is 2.88. The Kier molecular flexibility index (Phi) is 4.30. The van der Waals surface area contributed by atoms with Gasteiger partial charge in [-0.15, -0.1) is 0 Å². The molecule has 1 aromatic rings. The van der Waals surface area contributed by atoms with Crippen LogP contribution in [0.15, 0.2) is 30.5 Å². The molecule has 0 atom stereocenters. The van der Waals surface area contributed by atoms with Gasteiger partial charge < -0.3 is 16.8 Å². The molecule has 0 radical (unpaired) electrons. The van der Waals surface area contributed by atoms with Crippen molar-refractivity contribution in [3.05, 3.63) is 36.0 Å². The molecule has 15 heavy (non-hydrogen) atoms. The average Bonchev–Trinajstić information content (AvgIpc) is 2.25. The number of nitrogens with zero attached hydrogens (tertiary/aromatic N) is 1. The van der Waals surface area contributed by atoms with E-state index in [1.165, 1.54) is 6.20 Å². The Hall–Kier alpha value is -1.88. The first-order valence-electron chi connectivity index (χ1n) is 4.59. The summed E-state index contributed by atoms with van der Waals surface area (Å²) in [5, 5.41) is 3.04. The minimum absolute atomic E-state index is 0.401. The molecule has 0 fully saturated rings. The fraction of sp³-hybridized carbons (Fsp3) is 0.200. The predicted octanol–water partition coefficient (Wildman–Crippen LogP) is 0.107. The van der Waals surface area contributed by atoms with Gasteiger partial charge in [-0.05, 0) is 12.1 Å². The van der Waals surface area contributed by atoms with Crippen molar-refractivity contribution in [1.29, 1.82) is 0 Å². The van der Waals surface area contributed by atoms with Crippen molar-refractivity contribution in [2.24, 2.45) is 11.5 Å². The molecule has 5 heteroatoms. The molecule has 0 unspecified atom stereocenters. The third-order valence-corrected chi connectivity index (χ3v) is 1.75. The van der Waals surface area contributed by atoms with Crippen LogP contribution in [0, 0.1) is 0 Å². The molecule has 0 aliphatic rings. The number of primary amides is 1. The molecule has 0 bridgehead atoms. The van der Waals surface area contributed by atoms with Crippen LogP contribution in [0.2, 0.25) is 0 Å². The number of nitrogens with two attached hydrogens (primary N) is 2. The molecule has 0 saturated heterocycles. The van der Waals surface area contributed by atoms with Gasteiger partial charge >= 0.3 is 0 Å². The van der Waals surface area contributed by atoms with E-state index in [1.54, 1.807) is 12.1 Å². The van der Waals surface area contributed by atoms with Gasteiger partial charge in [-0.2, -0.15) is 0 Å². The summed E-state index contributed by atoms with van der Waals surface area (Å²) in [5.41, 5.74) is 10.8. The maximum Gasteiger partial charge on any atom is 0.250 e. The summed E-state index contributed by atoms with van der Waals surface area (Å²) in [4.78, 5) is 14.8. The van der Waals surface area contributed by atoms with Gasteiger partial charge in [0.15, 0.2) is 0 Å². The fourth-order valence-corrected chi connectivity index (χ4v) is 0.987. The van der Waals surface area contributed by atoms with E-state index >= 15 is 0 Å². The predicted molar refractivity (Wildman–Crippen MR) is 59.4 cm³/mol. The number of hydrogen-bond acceptors (Lipinski definition) is 4. The fourth-order valence-electron chi connectivity index (χ4n) is 0.987. The Balaban J connectivity index is 2.50. The average molecular weight is 206 g/mol. The summed E-state index contributed by atoms with van der Waals surface area (Å²) >= 11 is 0. The van der Waals surface area contributed by atoms with E-state index < -0.39 is 5.91 Å². The molecule has 80 valence electrons. The van der Waals surface area contributed by atoms with Crippen molar-refractivity contribution in [2.75, 3.05) is 18.4 Å². The van der Waals surface area contributed by atoms with Crippen LogP contribution >= 0.6 is 0 Å². The molecule has 0 spiro atoms.